The van der Waals surface area contributed by atoms with Crippen LogP contribution in [-0.2, 0) is 14.3 Å². The Labute approximate surface area is 138 Å². The summed E-state index contributed by atoms with van der Waals surface area (Å²) >= 11 is 0. The lowest BCUT2D eigenvalue weighted by molar-refractivity contribution is -0.128. The van der Waals surface area contributed by atoms with Gasteiger partial charge in [0.1, 0.15) is 0 Å². The van der Waals surface area contributed by atoms with Crippen molar-refractivity contribution in [2.75, 3.05) is 32.1 Å². The highest BCUT2D eigenvalue weighted by Crippen LogP contribution is 2.23. The monoisotopic (exact) mass is 331 g/mol. The van der Waals surface area contributed by atoms with Crippen LogP contribution < -0.4 is 10.6 Å². The molecule has 0 aliphatic carbocycles. The molecule has 1 saturated heterocycles. The fourth-order valence-corrected chi connectivity index (χ4v) is 2.86. The summed E-state index contributed by atoms with van der Waals surface area (Å²) < 4.78 is 4.95. The van der Waals surface area contributed by atoms with E-state index in [1.165, 1.54) is 12.1 Å². The second-order valence-corrected chi connectivity index (χ2v) is 5.77. The molecule has 1 fully saturated rings. The number of hydrogen-bond donors (Lipinski definition) is 2. The van der Waals surface area contributed by atoms with E-state index in [9.17, 15) is 19.2 Å². The minimum Gasteiger partial charge on any atom is -0.383 e. The summed E-state index contributed by atoms with van der Waals surface area (Å²) in [5, 5.41) is 4.90. The van der Waals surface area contributed by atoms with E-state index in [2.05, 4.69) is 10.6 Å². The van der Waals surface area contributed by atoms with Crippen LogP contribution in [0.3, 0.4) is 0 Å². The molecule has 0 spiro atoms. The van der Waals surface area contributed by atoms with Gasteiger partial charge in [-0.3, -0.25) is 24.5 Å². The van der Waals surface area contributed by atoms with E-state index in [4.69, 9.17) is 4.74 Å². The van der Waals surface area contributed by atoms with Gasteiger partial charge >= 0.3 is 0 Å². The first-order valence-corrected chi connectivity index (χ1v) is 7.57. The highest BCUT2D eigenvalue weighted by Gasteiger charge is 2.34. The zero-order chi connectivity index (χ0) is 17.3. The van der Waals surface area contributed by atoms with Gasteiger partial charge in [0.2, 0.25) is 11.8 Å². The molecule has 8 heteroatoms. The molecule has 4 amide bonds. The van der Waals surface area contributed by atoms with Gasteiger partial charge in [-0.2, -0.15) is 0 Å². The van der Waals surface area contributed by atoms with Crippen molar-refractivity contribution in [3.63, 3.8) is 0 Å². The lowest BCUT2D eigenvalue weighted by Crippen LogP contribution is -2.30. The second kappa shape index (κ2) is 6.40. The summed E-state index contributed by atoms with van der Waals surface area (Å²) in [5.41, 5.74) is 0.952. The molecule has 0 saturated carbocycles. The third-order valence-corrected chi connectivity index (χ3v) is 4.15. The van der Waals surface area contributed by atoms with E-state index < -0.39 is 17.7 Å². The van der Waals surface area contributed by atoms with E-state index in [-0.39, 0.29) is 23.8 Å². The van der Waals surface area contributed by atoms with Crippen LogP contribution in [0.25, 0.3) is 0 Å². The lowest BCUT2D eigenvalue weighted by Gasteiger charge is -2.15. The molecule has 0 radical (unpaired) electrons. The Kier molecular flexibility index (Phi) is 4.30. The maximum atomic E-state index is 12.3. The molecule has 126 valence electrons. The van der Waals surface area contributed by atoms with Crippen LogP contribution in [0.1, 0.15) is 27.1 Å². The number of hydrogen-bond acceptors (Lipinski definition) is 5. The zero-order valence-corrected chi connectivity index (χ0v) is 13.1. The smallest absolute Gasteiger partial charge is 0.259 e. The number of methoxy groups -OCH3 is 1. The number of rotatable bonds is 5. The third-order valence-electron chi connectivity index (χ3n) is 4.15. The van der Waals surface area contributed by atoms with Crippen molar-refractivity contribution in [3.8, 4) is 0 Å². The summed E-state index contributed by atoms with van der Waals surface area (Å²) in [6.07, 6.45) is 0.152. The average molecular weight is 331 g/mol. The van der Waals surface area contributed by atoms with Crippen LogP contribution in [0, 0.1) is 5.92 Å². The van der Waals surface area contributed by atoms with Crippen LogP contribution in [0.2, 0.25) is 0 Å². The number of imide groups is 1. The van der Waals surface area contributed by atoms with E-state index >= 15 is 0 Å². The number of fused-ring (bicyclic) bond motifs is 1. The number of carbonyl (C=O) groups is 4. The quantitative estimate of drug-likeness (QED) is 0.739. The van der Waals surface area contributed by atoms with Crippen LogP contribution in [-0.4, -0.2) is 55.3 Å². The fraction of sp³-hybridized carbons (Fsp3) is 0.375. The third kappa shape index (κ3) is 3.00. The Hall–Kier alpha value is -2.74. The zero-order valence-electron chi connectivity index (χ0n) is 13.1. The van der Waals surface area contributed by atoms with Gasteiger partial charge in [0, 0.05) is 32.3 Å². The standard InChI is InChI=1S/C16H17N3O5/c1-24-5-4-19-8-9(6-13(19)20)14(21)17-10-2-3-11-12(7-10)16(23)18-15(11)22/h2-3,7,9H,4-6,8H2,1H3,(H,17,21)(H,18,22,23). The van der Waals surface area contributed by atoms with Crippen LogP contribution in [0.15, 0.2) is 18.2 Å². The summed E-state index contributed by atoms with van der Waals surface area (Å²) in [6, 6.07) is 4.52. The molecular formula is C16H17N3O5. The van der Waals surface area contributed by atoms with Gasteiger partial charge in [0.15, 0.2) is 0 Å². The molecule has 0 bridgehead atoms. The average Bonchev–Trinajstić information content (AvgIpc) is 3.06. The summed E-state index contributed by atoms with van der Waals surface area (Å²) in [5.74, 6) is -1.73. The Bertz CT molecular complexity index is 730. The van der Waals surface area contributed by atoms with Crippen molar-refractivity contribution >= 4 is 29.3 Å². The van der Waals surface area contributed by atoms with Gasteiger partial charge < -0.3 is 15.0 Å². The van der Waals surface area contributed by atoms with Crippen LogP contribution in [0.4, 0.5) is 5.69 Å². The molecule has 1 aromatic rings. The van der Waals surface area contributed by atoms with Crippen molar-refractivity contribution in [1.29, 1.82) is 0 Å². The Morgan fingerprint density at radius 2 is 2.04 bits per heavy atom. The first kappa shape index (κ1) is 16.1. The Morgan fingerprint density at radius 1 is 1.29 bits per heavy atom. The minimum absolute atomic E-state index is 0.0777. The minimum atomic E-state index is -0.479. The summed E-state index contributed by atoms with van der Waals surface area (Å²) in [6.45, 7) is 1.23. The maximum Gasteiger partial charge on any atom is 0.259 e. The molecule has 3 rings (SSSR count). The normalized spacial score (nSPS) is 19.5. The molecule has 0 aromatic heterocycles. The Balaban J connectivity index is 1.66. The highest BCUT2D eigenvalue weighted by molar-refractivity contribution is 6.22. The molecule has 2 aliphatic heterocycles. The highest BCUT2D eigenvalue weighted by atomic mass is 16.5. The van der Waals surface area contributed by atoms with Gasteiger partial charge in [-0.15, -0.1) is 0 Å². The van der Waals surface area contributed by atoms with Crippen LogP contribution >= 0.6 is 0 Å². The van der Waals surface area contributed by atoms with E-state index in [0.29, 0.717) is 30.9 Å². The van der Waals surface area contributed by atoms with Crippen molar-refractivity contribution in [2.24, 2.45) is 5.92 Å². The first-order chi connectivity index (χ1) is 11.5. The molecule has 1 unspecified atom stereocenters. The topological polar surface area (TPSA) is 105 Å². The van der Waals surface area contributed by atoms with Crippen molar-refractivity contribution < 1.29 is 23.9 Å². The number of benzene rings is 1. The number of anilines is 1. The van der Waals surface area contributed by atoms with Crippen molar-refractivity contribution in [3.05, 3.63) is 29.3 Å². The molecule has 2 heterocycles. The van der Waals surface area contributed by atoms with Crippen molar-refractivity contribution in [1.82, 2.24) is 10.2 Å². The Morgan fingerprint density at radius 3 is 2.79 bits per heavy atom. The molecular weight excluding hydrogens is 314 g/mol. The maximum absolute atomic E-state index is 12.3. The number of ether oxygens (including phenoxy) is 1. The van der Waals surface area contributed by atoms with Crippen molar-refractivity contribution in [2.45, 2.75) is 6.42 Å². The van der Waals surface area contributed by atoms with E-state index in [1.54, 1.807) is 18.1 Å². The van der Waals surface area contributed by atoms with Gasteiger partial charge in [-0.1, -0.05) is 0 Å². The predicted octanol–water partition coefficient (Wildman–Crippen LogP) is 0.00360. The van der Waals surface area contributed by atoms with Gasteiger partial charge in [-0.05, 0) is 18.2 Å². The molecule has 2 aliphatic rings. The van der Waals surface area contributed by atoms with Gasteiger partial charge in [0.05, 0.1) is 23.7 Å². The largest absolute Gasteiger partial charge is 0.383 e. The molecule has 2 N–H and O–H groups in total. The number of nitrogens with one attached hydrogen (secondary N) is 2. The van der Waals surface area contributed by atoms with E-state index in [0.717, 1.165) is 0 Å². The number of amides is 4. The fourth-order valence-electron chi connectivity index (χ4n) is 2.86. The van der Waals surface area contributed by atoms with Gasteiger partial charge in [0.25, 0.3) is 11.8 Å². The molecule has 1 aromatic carbocycles. The molecule has 8 nitrogen and oxygen atoms in total. The summed E-state index contributed by atoms with van der Waals surface area (Å²) in [4.78, 5) is 49.0. The molecule has 1 atom stereocenters. The number of nitrogens with zero attached hydrogens (tertiary/aromatic N) is 1. The SMILES string of the molecule is COCCN1CC(C(=O)Nc2ccc3c(c2)C(=O)NC3=O)CC1=O. The molecule has 24 heavy (non-hydrogen) atoms. The predicted molar refractivity (Wildman–Crippen MR) is 83.4 cm³/mol. The second-order valence-electron chi connectivity index (χ2n) is 5.77. The first-order valence-electron chi connectivity index (χ1n) is 7.57. The number of likely N-dealkylation sites (tertiary alicyclic amines) is 1. The van der Waals surface area contributed by atoms with Crippen LogP contribution in [0.5, 0.6) is 0 Å². The lowest BCUT2D eigenvalue weighted by atomic mass is 10.1. The number of carbonyl (C=O) groups excluding carboxylic acids is 4. The summed E-state index contributed by atoms with van der Waals surface area (Å²) in [7, 11) is 1.56. The van der Waals surface area contributed by atoms with Gasteiger partial charge in [-0.25, -0.2) is 0 Å². The van der Waals surface area contributed by atoms with E-state index in [1.807, 2.05) is 0 Å².